The smallest absolute Gasteiger partial charge is 0.188 e. The average molecular weight is 173 g/mol. The molecule has 1 atom stereocenters. The van der Waals surface area contributed by atoms with E-state index in [1.165, 1.54) is 0 Å². The molecule has 0 amide bonds. The van der Waals surface area contributed by atoms with E-state index in [4.69, 9.17) is 10.8 Å². The van der Waals surface area contributed by atoms with E-state index in [9.17, 15) is 0 Å². The highest BCUT2D eigenvalue weighted by molar-refractivity contribution is 5.77. The Kier molecular flexibility index (Phi) is 6.47. The third-order valence-corrected chi connectivity index (χ3v) is 1.72. The summed E-state index contributed by atoms with van der Waals surface area (Å²) in [5, 5.41) is 11.9. The first kappa shape index (κ1) is 11.2. The Balaban J connectivity index is 3.67. The number of aliphatic hydroxyl groups excluding tert-OH is 1. The van der Waals surface area contributed by atoms with Crippen LogP contribution in [0.5, 0.6) is 0 Å². The average Bonchev–Trinajstić information content (AvgIpc) is 2.11. The highest BCUT2D eigenvalue weighted by Gasteiger charge is 2.05. The van der Waals surface area contributed by atoms with Gasteiger partial charge in [-0.25, -0.2) is 0 Å². The number of unbranched alkanes of at least 4 members (excludes halogenated alkanes) is 1. The molecule has 0 fully saturated rings. The minimum Gasteiger partial charge on any atom is -0.394 e. The number of aliphatic hydroxyl groups is 1. The van der Waals surface area contributed by atoms with Crippen molar-refractivity contribution in [1.82, 2.24) is 5.32 Å². The number of aliphatic imine (C=N–C) groups is 1. The number of rotatable bonds is 5. The van der Waals surface area contributed by atoms with Crippen LogP contribution in [-0.4, -0.2) is 30.8 Å². The summed E-state index contributed by atoms with van der Waals surface area (Å²) in [4.78, 5) is 3.76. The van der Waals surface area contributed by atoms with Crippen molar-refractivity contribution in [2.75, 3.05) is 13.7 Å². The molecule has 0 aromatic rings. The molecular weight excluding hydrogens is 154 g/mol. The molecule has 4 nitrogen and oxygen atoms in total. The SMILES string of the molecule is CCCCC(CO)NC(N)=NC. The van der Waals surface area contributed by atoms with E-state index in [1.807, 2.05) is 0 Å². The maximum absolute atomic E-state index is 8.92. The Hall–Kier alpha value is -0.770. The lowest BCUT2D eigenvalue weighted by Gasteiger charge is -2.15. The molecule has 0 aliphatic heterocycles. The molecule has 0 heterocycles. The van der Waals surface area contributed by atoms with Crippen molar-refractivity contribution < 1.29 is 5.11 Å². The zero-order chi connectivity index (χ0) is 9.40. The molecule has 0 rings (SSSR count). The lowest BCUT2D eigenvalue weighted by atomic mass is 10.1. The fourth-order valence-corrected chi connectivity index (χ4v) is 0.933. The minimum absolute atomic E-state index is 0.0497. The van der Waals surface area contributed by atoms with Gasteiger partial charge in [-0.05, 0) is 6.42 Å². The zero-order valence-corrected chi connectivity index (χ0v) is 7.88. The van der Waals surface area contributed by atoms with Crippen molar-refractivity contribution >= 4 is 5.96 Å². The van der Waals surface area contributed by atoms with Crippen LogP contribution in [0.15, 0.2) is 4.99 Å². The van der Waals surface area contributed by atoms with Gasteiger partial charge in [0.05, 0.1) is 12.6 Å². The van der Waals surface area contributed by atoms with Crippen molar-refractivity contribution in [2.24, 2.45) is 10.7 Å². The predicted octanol–water partition coefficient (Wildman–Crippen LogP) is 0.0716. The molecule has 12 heavy (non-hydrogen) atoms. The van der Waals surface area contributed by atoms with E-state index in [0.29, 0.717) is 5.96 Å². The van der Waals surface area contributed by atoms with Crippen molar-refractivity contribution in [3.63, 3.8) is 0 Å². The van der Waals surface area contributed by atoms with Gasteiger partial charge in [-0.1, -0.05) is 19.8 Å². The van der Waals surface area contributed by atoms with Gasteiger partial charge in [0.15, 0.2) is 5.96 Å². The van der Waals surface area contributed by atoms with E-state index >= 15 is 0 Å². The molecular formula is C8H19N3O. The molecule has 1 unspecified atom stereocenters. The Morgan fingerprint density at radius 3 is 2.75 bits per heavy atom. The molecule has 0 spiro atoms. The Morgan fingerprint density at radius 1 is 1.67 bits per heavy atom. The Labute approximate surface area is 73.9 Å². The standard InChI is InChI=1S/C8H19N3O/c1-3-4-5-7(6-12)11-8(9)10-2/h7,12H,3-6H2,1-2H3,(H3,9,10,11). The van der Waals surface area contributed by atoms with Crippen LogP contribution < -0.4 is 11.1 Å². The summed E-state index contributed by atoms with van der Waals surface area (Å²) < 4.78 is 0. The second kappa shape index (κ2) is 6.91. The summed E-state index contributed by atoms with van der Waals surface area (Å²) in [7, 11) is 1.62. The first-order valence-corrected chi connectivity index (χ1v) is 4.34. The Morgan fingerprint density at radius 2 is 2.33 bits per heavy atom. The van der Waals surface area contributed by atoms with Gasteiger partial charge in [0.1, 0.15) is 0 Å². The summed E-state index contributed by atoms with van der Waals surface area (Å²) in [5.41, 5.74) is 5.45. The lowest BCUT2D eigenvalue weighted by Crippen LogP contribution is -2.41. The highest BCUT2D eigenvalue weighted by Crippen LogP contribution is 1.98. The van der Waals surface area contributed by atoms with Crippen molar-refractivity contribution in [3.05, 3.63) is 0 Å². The molecule has 0 saturated carbocycles. The molecule has 72 valence electrons. The van der Waals surface area contributed by atoms with Gasteiger partial charge in [-0.2, -0.15) is 0 Å². The van der Waals surface area contributed by atoms with Crippen LogP contribution in [0.4, 0.5) is 0 Å². The van der Waals surface area contributed by atoms with Gasteiger partial charge in [0, 0.05) is 7.05 Å². The first-order valence-electron chi connectivity index (χ1n) is 4.34. The molecule has 0 aromatic heterocycles. The molecule has 0 saturated heterocycles. The van der Waals surface area contributed by atoms with Crippen molar-refractivity contribution in [3.8, 4) is 0 Å². The monoisotopic (exact) mass is 173 g/mol. The third kappa shape index (κ3) is 4.96. The normalized spacial score (nSPS) is 14.4. The first-order chi connectivity index (χ1) is 5.74. The topological polar surface area (TPSA) is 70.6 Å². The maximum atomic E-state index is 8.92. The predicted molar refractivity (Wildman–Crippen MR) is 51.1 cm³/mol. The summed E-state index contributed by atoms with van der Waals surface area (Å²) in [6.45, 7) is 2.22. The van der Waals surface area contributed by atoms with Crippen molar-refractivity contribution in [2.45, 2.75) is 32.2 Å². The summed E-state index contributed by atoms with van der Waals surface area (Å²) in [5.74, 6) is 0.394. The van der Waals surface area contributed by atoms with E-state index < -0.39 is 0 Å². The number of nitrogens with one attached hydrogen (secondary N) is 1. The van der Waals surface area contributed by atoms with Gasteiger partial charge < -0.3 is 16.2 Å². The van der Waals surface area contributed by atoms with Crippen LogP contribution >= 0.6 is 0 Å². The van der Waals surface area contributed by atoms with E-state index in [1.54, 1.807) is 7.05 Å². The fraction of sp³-hybridized carbons (Fsp3) is 0.875. The van der Waals surface area contributed by atoms with Crippen LogP contribution in [-0.2, 0) is 0 Å². The van der Waals surface area contributed by atoms with Crippen LogP contribution in [0, 0.1) is 0 Å². The van der Waals surface area contributed by atoms with E-state index in [0.717, 1.165) is 19.3 Å². The number of guanidine groups is 1. The number of hydrogen-bond donors (Lipinski definition) is 3. The molecule has 0 aliphatic rings. The number of hydrogen-bond acceptors (Lipinski definition) is 2. The fourth-order valence-electron chi connectivity index (χ4n) is 0.933. The largest absolute Gasteiger partial charge is 0.394 e. The van der Waals surface area contributed by atoms with Crippen molar-refractivity contribution in [1.29, 1.82) is 0 Å². The van der Waals surface area contributed by atoms with Gasteiger partial charge >= 0.3 is 0 Å². The quantitative estimate of drug-likeness (QED) is 0.407. The van der Waals surface area contributed by atoms with E-state index in [-0.39, 0.29) is 12.6 Å². The molecule has 0 radical (unpaired) electrons. The second-order valence-electron chi connectivity index (χ2n) is 2.77. The molecule has 4 heteroatoms. The molecule has 0 aliphatic carbocycles. The third-order valence-electron chi connectivity index (χ3n) is 1.72. The van der Waals surface area contributed by atoms with Crippen LogP contribution in [0.3, 0.4) is 0 Å². The summed E-state index contributed by atoms with van der Waals surface area (Å²) in [6, 6.07) is 0.0497. The summed E-state index contributed by atoms with van der Waals surface area (Å²) in [6.07, 6.45) is 3.15. The Bertz CT molecular complexity index is 136. The lowest BCUT2D eigenvalue weighted by molar-refractivity contribution is 0.247. The van der Waals surface area contributed by atoms with Gasteiger partial charge in [-0.3, -0.25) is 4.99 Å². The minimum atomic E-state index is 0.0497. The van der Waals surface area contributed by atoms with Gasteiger partial charge in [0.2, 0.25) is 0 Å². The van der Waals surface area contributed by atoms with E-state index in [2.05, 4.69) is 17.2 Å². The van der Waals surface area contributed by atoms with Gasteiger partial charge in [0.25, 0.3) is 0 Å². The van der Waals surface area contributed by atoms with Crippen LogP contribution in [0.1, 0.15) is 26.2 Å². The van der Waals surface area contributed by atoms with Crippen LogP contribution in [0.2, 0.25) is 0 Å². The summed E-state index contributed by atoms with van der Waals surface area (Å²) >= 11 is 0. The molecule has 4 N–H and O–H groups in total. The maximum Gasteiger partial charge on any atom is 0.188 e. The van der Waals surface area contributed by atoms with Gasteiger partial charge in [-0.15, -0.1) is 0 Å². The highest BCUT2D eigenvalue weighted by atomic mass is 16.3. The molecule has 0 aromatic carbocycles. The number of nitrogens with two attached hydrogens (primary N) is 1. The second-order valence-corrected chi connectivity index (χ2v) is 2.77. The number of nitrogens with zero attached hydrogens (tertiary/aromatic N) is 1. The zero-order valence-electron chi connectivity index (χ0n) is 7.88. The molecule has 0 bridgehead atoms. The van der Waals surface area contributed by atoms with Crippen LogP contribution in [0.25, 0.3) is 0 Å².